The van der Waals surface area contributed by atoms with E-state index in [-0.39, 0.29) is 11.7 Å². The first-order valence-corrected chi connectivity index (χ1v) is 7.37. The maximum Gasteiger partial charge on any atom is 0.417 e. The second-order valence-electron chi connectivity index (χ2n) is 5.48. The zero-order valence-corrected chi connectivity index (χ0v) is 12.8. The van der Waals surface area contributed by atoms with Crippen molar-refractivity contribution in [3.8, 4) is 5.82 Å². The first-order valence-electron chi connectivity index (χ1n) is 7.37. The Morgan fingerprint density at radius 1 is 1.42 bits per heavy atom. The van der Waals surface area contributed by atoms with Gasteiger partial charge in [-0.3, -0.25) is 4.79 Å². The van der Waals surface area contributed by atoms with Crippen LogP contribution in [0, 0.1) is 6.92 Å². The minimum atomic E-state index is -4.46. The molecule has 2 aromatic heterocycles. The molecular weight excluding hydrogens is 325 g/mol. The topological polar surface area (TPSA) is 69.0 Å². The number of carbonyl (C=O) groups is 1. The Morgan fingerprint density at radius 3 is 2.79 bits per heavy atom. The normalized spacial score (nSPS) is 17.9. The van der Waals surface area contributed by atoms with E-state index in [0.29, 0.717) is 24.5 Å². The Bertz CT molecular complexity index is 734. The van der Waals surface area contributed by atoms with Crippen LogP contribution in [-0.4, -0.2) is 33.4 Å². The van der Waals surface area contributed by atoms with Crippen LogP contribution in [0.5, 0.6) is 0 Å². The Labute approximate surface area is 135 Å². The number of aryl methyl sites for hydroxylation is 1. The van der Waals surface area contributed by atoms with Gasteiger partial charge in [0.05, 0.1) is 11.3 Å². The molecule has 1 N–H and O–H groups in total. The molecule has 0 bridgehead atoms. The van der Waals surface area contributed by atoms with Crippen LogP contribution in [0.15, 0.2) is 24.4 Å². The third-order valence-corrected chi connectivity index (χ3v) is 3.60. The molecule has 1 aliphatic rings. The molecule has 0 aromatic carbocycles. The lowest BCUT2D eigenvalue weighted by atomic mass is 10.2. The van der Waals surface area contributed by atoms with Crippen molar-refractivity contribution in [3.05, 3.63) is 35.7 Å². The van der Waals surface area contributed by atoms with Gasteiger partial charge in [0.1, 0.15) is 11.9 Å². The molecule has 6 nitrogen and oxygen atoms in total. The predicted molar refractivity (Wildman–Crippen MR) is 78.7 cm³/mol. The van der Waals surface area contributed by atoms with Gasteiger partial charge in [-0.1, -0.05) is 0 Å². The number of ether oxygens (including phenoxy) is 1. The van der Waals surface area contributed by atoms with Crippen molar-refractivity contribution in [2.24, 2.45) is 0 Å². The highest BCUT2D eigenvalue weighted by molar-refractivity contribution is 5.93. The second-order valence-corrected chi connectivity index (χ2v) is 5.48. The van der Waals surface area contributed by atoms with Gasteiger partial charge in [-0.2, -0.15) is 23.0 Å². The number of nitrogens with zero attached hydrogens (tertiary/aromatic N) is 3. The number of hydrogen-bond acceptors (Lipinski definition) is 4. The lowest BCUT2D eigenvalue weighted by Crippen LogP contribution is -2.28. The van der Waals surface area contributed by atoms with Gasteiger partial charge >= 0.3 is 6.18 Å². The van der Waals surface area contributed by atoms with Crippen molar-refractivity contribution < 1.29 is 22.7 Å². The van der Waals surface area contributed by atoms with Crippen LogP contribution >= 0.6 is 0 Å². The molecule has 3 heterocycles. The SMILES string of the molecule is Cc1cc(NC(=O)[C@H]2CCCO2)n(-c2ccc(C(F)(F)F)cn2)n1. The fraction of sp³-hybridized carbons (Fsp3) is 0.400. The van der Waals surface area contributed by atoms with Crippen molar-refractivity contribution in [3.63, 3.8) is 0 Å². The van der Waals surface area contributed by atoms with Crippen LogP contribution in [0.4, 0.5) is 19.0 Å². The standard InChI is InChI=1S/C15H15F3N4O2/c1-9-7-13(20-14(23)11-3-2-6-24-11)22(21-9)12-5-4-10(8-19-12)15(16,17)18/h4-5,7-8,11H,2-3,6H2,1H3,(H,20,23)/t11-/m1/s1. The van der Waals surface area contributed by atoms with Crippen LogP contribution in [0.2, 0.25) is 0 Å². The van der Waals surface area contributed by atoms with Crippen LogP contribution in [0.3, 0.4) is 0 Å². The molecule has 0 aliphatic carbocycles. The predicted octanol–water partition coefficient (Wildman–Crippen LogP) is 2.71. The van der Waals surface area contributed by atoms with Crippen molar-refractivity contribution in [2.45, 2.75) is 32.0 Å². The molecule has 1 amide bonds. The highest BCUT2D eigenvalue weighted by Crippen LogP contribution is 2.29. The van der Waals surface area contributed by atoms with E-state index in [1.807, 2.05) is 0 Å². The molecule has 128 valence electrons. The minimum absolute atomic E-state index is 0.179. The largest absolute Gasteiger partial charge is 0.417 e. The lowest BCUT2D eigenvalue weighted by molar-refractivity contribution is -0.137. The Morgan fingerprint density at radius 2 is 2.21 bits per heavy atom. The molecule has 0 saturated carbocycles. The summed E-state index contributed by atoms with van der Waals surface area (Å²) in [6, 6.07) is 3.74. The summed E-state index contributed by atoms with van der Waals surface area (Å²) < 4.78 is 44.5. The van der Waals surface area contributed by atoms with E-state index < -0.39 is 17.8 Å². The van der Waals surface area contributed by atoms with Crippen LogP contribution in [0.1, 0.15) is 24.1 Å². The van der Waals surface area contributed by atoms with Crippen LogP contribution < -0.4 is 5.32 Å². The highest BCUT2D eigenvalue weighted by Gasteiger charge is 2.31. The first-order chi connectivity index (χ1) is 11.3. The first kappa shape index (κ1) is 16.4. The number of nitrogens with one attached hydrogen (secondary N) is 1. The van der Waals surface area contributed by atoms with E-state index in [2.05, 4.69) is 15.4 Å². The molecule has 3 rings (SSSR count). The molecular formula is C15H15F3N4O2. The van der Waals surface area contributed by atoms with Gasteiger partial charge < -0.3 is 10.1 Å². The van der Waals surface area contributed by atoms with Gasteiger partial charge in [-0.25, -0.2) is 4.98 Å². The zero-order chi connectivity index (χ0) is 17.3. The quantitative estimate of drug-likeness (QED) is 0.933. The van der Waals surface area contributed by atoms with Crippen molar-refractivity contribution in [1.82, 2.24) is 14.8 Å². The summed E-state index contributed by atoms with van der Waals surface area (Å²) in [5.41, 5.74) is -0.251. The fourth-order valence-electron chi connectivity index (χ4n) is 2.43. The van der Waals surface area contributed by atoms with E-state index >= 15 is 0 Å². The fourth-order valence-corrected chi connectivity index (χ4v) is 2.43. The molecule has 24 heavy (non-hydrogen) atoms. The number of amides is 1. The maximum absolute atomic E-state index is 12.6. The van der Waals surface area contributed by atoms with Gasteiger partial charge in [0.25, 0.3) is 5.91 Å². The van der Waals surface area contributed by atoms with Crippen LogP contribution in [0.25, 0.3) is 5.82 Å². The Kier molecular flexibility index (Phi) is 4.27. The maximum atomic E-state index is 12.6. The Balaban J connectivity index is 1.84. The van der Waals surface area contributed by atoms with E-state index in [0.717, 1.165) is 18.7 Å². The average molecular weight is 340 g/mol. The monoisotopic (exact) mass is 340 g/mol. The second kappa shape index (κ2) is 6.23. The number of anilines is 1. The lowest BCUT2D eigenvalue weighted by Gasteiger charge is -2.12. The summed E-state index contributed by atoms with van der Waals surface area (Å²) in [7, 11) is 0. The van der Waals surface area contributed by atoms with Crippen molar-refractivity contribution >= 4 is 11.7 Å². The molecule has 2 aromatic rings. The summed E-state index contributed by atoms with van der Waals surface area (Å²) in [5, 5.41) is 6.86. The Hall–Kier alpha value is -2.42. The summed E-state index contributed by atoms with van der Waals surface area (Å²) >= 11 is 0. The molecule has 1 fully saturated rings. The van der Waals surface area contributed by atoms with E-state index in [1.54, 1.807) is 13.0 Å². The van der Waals surface area contributed by atoms with Gasteiger partial charge in [0, 0.05) is 18.9 Å². The third kappa shape index (κ3) is 3.40. The van der Waals surface area contributed by atoms with Crippen molar-refractivity contribution in [1.29, 1.82) is 0 Å². The third-order valence-electron chi connectivity index (χ3n) is 3.60. The smallest absolute Gasteiger partial charge is 0.368 e. The molecule has 0 radical (unpaired) electrons. The summed E-state index contributed by atoms with van der Waals surface area (Å²) in [6.45, 7) is 2.25. The number of rotatable bonds is 3. The van der Waals surface area contributed by atoms with Crippen molar-refractivity contribution in [2.75, 3.05) is 11.9 Å². The molecule has 9 heteroatoms. The van der Waals surface area contributed by atoms with E-state index in [9.17, 15) is 18.0 Å². The van der Waals surface area contributed by atoms with E-state index in [4.69, 9.17) is 4.74 Å². The summed E-state index contributed by atoms with van der Waals surface area (Å²) in [6.07, 6.45) is -2.79. The summed E-state index contributed by atoms with van der Waals surface area (Å²) in [4.78, 5) is 15.9. The summed E-state index contributed by atoms with van der Waals surface area (Å²) in [5.74, 6) is 0.208. The number of hydrogen-bond donors (Lipinski definition) is 1. The van der Waals surface area contributed by atoms with Gasteiger partial charge in [0.2, 0.25) is 0 Å². The van der Waals surface area contributed by atoms with Gasteiger partial charge in [-0.15, -0.1) is 0 Å². The number of pyridine rings is 1. The van der Waals surface area contributed by atoms with Gasteiger partial charge in [-0.05, 0) is 31.9 Å². The zero-order valence-electron chi connectivity index (χ0n) is 12.8. The molecule has 1 aliphatic heterocycles. The minimum Gasteiger partial charge on any atom is -0.368 e. The average Bonchev–Trinajstić information content (AvgIpc) is 3.16. The number of carbonyl (C=O) groups excluding carboxylic acids is 1. The van der Waals surface area contributed by atoms with E-state index in [1.165, 1.54) is 10.7 Å². The molecule has 0 spiro atoms. The highest BCUT2D eigenvalue weighted by atomic mass is 19.4. The van der Waals surface area contributed by atoms with Gasteiger partial charge in [0.15, 0.2) is 5.82 Å². The van der Waals surface area contributed by atoms with Crippen LogP contribution in [-0.2, 0) is 15.7 Å². The number of aromatic nitrogens is 3. The number of alkyl halides is 3. The molecule has 0 unspecified atom stereocenters. The molecule has 1 atom stereocenters. The molecule has 1 saturated heterocycles. The number of halogens is 3.